The number of hydrogen-bond acceptors (Lipinski definition) is 5. The van der Waals surface area contributed by atoms with Crippen molar-refractivity contribution in [2.45, 2.75) is 19.3 Å². The van der Waals surface area contributed by atoms with Crippen molar-refractivity contribution in [2.24, 2.45) is 0 Å². The number of nitrogens with one attached hydrogen (secondary N) is 1. The Bertz CT molecular complexity index is 1080. The largest absolute Gasteiger partial charge is 0.496 e. The summed E-state index contributed by atoms with van der Waals surface area (Å²) in [6, 6.07) is 12.6. The van der Waals surface area contributed by atoms with Gasteiger partial charge in [0, 0.05) is 35.4 Å². The SMILES string of the molecule is COc1cc(N2CCCCC2)ccc1/C=C1\C(=O)NC(=S)N(c2cccc(Cl)c2)C1=O. The molecule has 2 amide bonds. The number of hydrogen-bond donors (Lipinski definition) is 1. The Morgan fingerprint density at radius 3 is 2.55 bits per heavy atom. The van der Waals surface area contributed by atoms with Gasteiger partial charge in [0.2, 0.25) is 0 Å². The lowest BCUT2D eigenvalue weighted by atomic mass is 10.0. The van der Waals surface area contributed by atoms with Crippen LogP contribution < -0.4 is 19.9 Å². The van der Waals surface area contributed by atoms with E-state index in [4.69, 9.17) is 28.6 Å². The molecule has 4 rings (SSSR count). The van der Waals surface area contributed by atoms with Crippen LogP contribution in [0.25, 0.3) is 6.08 Å². The number of amides is 2. The molecule has 0 spiro atoms. The van der Waals surface area contributed by atoms with Gasteiger partial charge >= 0.3 is 0 Å². The summed E-state index contributed by atoms with van der Waals surface area (Å²) in [5.41, 5.74) is 2.17. The summed E-state index contributed by atoms with van der Waals surface area (Å²) in [4.78, 5) is 29.4. The molecule has 0 bridgehead atoms. The lowest BCUT2D eigenvalue weighted by molar-refractivity contribution is -0.122. The van der Waals surface area contributed by atoms with Crippen LogP contribution >= 0.6 is 23.8 Å². The normalized spacial score (nSPS) is 18.4. The Morgan fingerprint density at radius 1 is 1.06 bits per heavy atom. The minimum absolute atomic E-state index is 0.0156. The summed E-state index contributed by atoms with van der Waals surface area (Å²) in [7, 11) is 1.58. The van der Waals surface area contributed by atoms with Gasteiger partial charge in [0.15, 0.2) is 5.11 Å². The molecule has 0 atom stereocenters. The molecule has 0 aromatic heterocycles. The lowest BCUT2D eigenvalue weighted by Crippen LogP contribution is -2.54. The fourth-order valence-electron chi connectivity index (χ4n) is 3.83. The van der Waals surface area contributed by atoms with Gasteiger partial charge in [-0.2, -0.15) is 0 Å². The summed E-state index contributed by atoms with van der Waals surface area (Å²) >= 11 is 11.3. The van der Waals surface area contributed by atoms with Gasteiger partial charge in [-0.25, -0.2) is 0 Å². The van der Waals surface area contributed by atoms with E-state index in [1.807, 2.05) is 18.2 Å². The van der Waals surface area contributed by atoms with Crippen LogP contribution in [0.5, 0.6) is 5.75 Å². The van der Waals surface area contributed by atoms with Crippen LogP contribution in [0.1, 0.15) is 24.8 Å². The van der Waals surface area contributed by atoms with Crippen LogP contribution in [-0.4, -0.2) is 37.1 Å². The summed E-state index contributed by atoms with van der Waals surface area (Å²) in [6.07, 6.45) is 5.12. The summed E-state index contributed by atoms with van der Waals surface area (Å²) in [5, 5.41) is 3.06. The van der Waals surface area contributed by atoms with Gasteiger partial charge in [-0.15, -0.1) is 0 Å². The number of rotatable bonds is 4. The van der Waals surface area contributed by atoms with E-state index < -0.39 is 11.8 Å². The van der Waals surface area contributed by atoms with Crippen molar-refractivity contribution >= 4 is 58.2 Å². The topological polar surface area (TPSA) is 61.9 Å². The van der Waals surface area contributed by atoms with Gasteiger partial charge in [-0.05, 0) is 67.9 Å². The predicted octanol–water partition coefficient (Wildman–Crippen LogP) is 4.17. The molecule has 2 fully saturated rings. The number of halogens is 1. The first-order valence-corrected chi connectivity index (χ1v) is 10.9. The van der Waals surface area contributed by atoms with E-state index in [1.165, 1.54) is 30.2 Å². The van der Waals surface area contributed by atoms with Crippen molar-refractivity contribution in [3.8, 4) is 5.75 Å². The summed E-state index contributed by atoms with van der Waals surface area (Å²) in [6.45, 7) is 2.02. The number of carbonyl (C=O) groups is 2. The Hall–Kier alpha value is -2.90. The molecule has 2 aliphatic rings. The van der Waals surface area contributed by atoms with Crippen LogP contribution in [0, 0.1) is 0 Å². The Labute approximate surface area is 191 Å². The molecular weight excluding hydrogens is 434 g/mol. The molecule has 2 saturated heterocycles. The molecule has 160 valence electrons. The Balaban J connectivity index is 1.68. The lowest BCUT2D eigenvalue weighted by Gasteiger charge is -2.30. The third-order valence-electron chi connectivity index (χ3n) is 5.41. The zero-order valence-electron chi connectivity index (χ0n) is 17.1. The minimum Gasteiger partial charge on any atom is -0.496 e. The second-order valence-corrected chi connectivity index (χ2v) is 8.23. The third kappa shape index (κ3) is 4.43. The van der Waals surface area contributed by atoms with E-state index in [-0.39, 0.29) is 10.7 Å². The minimum atomic E-state index is -0.546. The Morgan fingerprint density at radius 2 is 1.84 bits per heavy atom. The Kier molecular flexibility index (Phi) is 6.25. The molecule has 0 radical (unpaired) electrons. The van der Waals surface area contributed by atoms with Crippen LogP contribution in [0.4, 0.5) is 11.4 Å². The quantitative estimate of drug-likeness (QED) is 0.426. The molecule has 2 heterocycles. The number of carbonyl (C=O) groups excluding carboxylic acids is 2. The smallest absolute Gasteiger partial charge is 0.270 e. The van der Waals surface area contributed by atoms with Gasteiger partial charge in [0.1, 0.15) is 11.3 Å². The van der Waals surface area contributed by atoms with Crippen LogP contribution in [0.3, 0.4) is 0 Å². The van der Waals surface area contributed by atoms with E-state index in [2.05, 4.69) is 10.2 Å². The average Bonchev–Trinajstić information content (AvgIpc) is 2.77. The third-order valence-corrected chi connectivity index (χ3v) is 5.93. The van der Waals surface area contributed by atoms with Crippen LogP contribution in [0.2, 0.25) is 5.02 Å². The van der Waals surface area contributed by atoms with E-state index >= 15 is 0 Å². The second kappa shape index (κ2) is 9.08. The zero-order valence-corrected chi connectivity index (χ0v) is 18.6. The summed E-state index contributed by atoms with van der Waals surface area (Å²) in [5.74, 6) is -0.466. The number of methoxy groups -OCH3 is 1. The van der Waals surface area contributed by atoms with Gasteiger partial charge < -0.3 is 9.64 Å². The van der Waals surface area contributed by atoms with E-state index in [1.54, 1.807) is 31.4 Å². The molecule has 0 unspecified atom stereocenters. The van der Waals surface area contributed by atoms with Crippen molar-refractivity contribution in [2.75, 3.05) is 30.0 Å². The highest BCUT2D eigenvalue weighted by atomic mass is 35.5. The maximum atomic E-state index is 13.2. The van der Waals surface area contributed by atoms with Gasteiger partial charge in [-0.3, -0.25) is 19.8 Å². The molecule has 0 saturated carbocycles. The fourth-order valence-corrected chi connectivity index (χ4v) is 4.30. The first-order chi connectivity index (χ1) is 15.0. The molecule has 2 aliphatic heterocycles. The fraction of sp³-hybridized carbons (Fsp3) is 0.261. The molecule has 31 heavy (non-hydrogen) atoms. The molecular formula is C23H22ClN3O3S. The van der Waals surface area contributed by atoms with E-state index in [9.17, 15) is 9.59 Å². The van der Waals surface area contributed by atoms with Crippen LogP contribution in [0.15, 0.2) is 48.0 Å². The van der Waals surface area contributed by atoms with Crippen molar-refractivity contribution in [3.63, 3.8) is 0 Å². The average molecular weight is 456 g/mol. The van der Waals surface area contributed by atoms with Crippen molar-refractivity contribution in [3.05, 3.63) is 58.6 Å². The number of piperidine rings is 1. The van der Waals surface area contributed by atoms with E-state index in [0.717, 1.165) is 18.8 Å². The number of benzene rings is 2. The van der Waals surface area contributed by atoms with Crippen molar-refractivity contribution < 1.29 is 14.3 Å². The molecule has 8 heteroatoms. The molecule has 1 N–H and O–H groups in total. The predicted molar refractivity (Wildman–Crippen MR) is 127 cm³/mol. The summed E-state index contributed by atoms with van der Waals surface area (Å²) < 4.78 is 5.57. The number of thiocarbonyl (C=S) groups is 1. The molecule has 2 aromatic rings. The van der Waals surface area contributed by atoms with Gasteiger partial charge in [-0.1, -0.05) is 17.7 Å². The zero-order chi connectivity index (χ0) is 22.0. The number of ether oxygens (including phenoxy) is 1. The molecule has 6 nitrogen and oxygen atoms in total. The highest BCUT2D eigenvalue weighted by Crippen LogP contribution is 2.31. The van der Waals surface area contributed by atoms with Crippen molar-refractivity contribution in [1.29, 1.82) is 0 Å². The monoisotopic (exact) mass is 455 g/mol. The highest BCUT2D eigenvalue weighted by Gasteiger charge is 2.34. The first-order valence-electron chi connectivity index (χ1n) is 10.1. The highest BCUT2D eigenvalue weighted by molar-refractivity contribution is 7.80. The standard InChI is InChI=1S/C23H22ClN3O3S/c1-30-20-14-17(26-10-3-2-4-11-26)9-8-15(20)12-19-21(28)25-23(31)27(22(19)29)18-7-5-6-16(24)13-18/h5-9,12-14H,2-4,10-11H2,1H3,(H,25,28,31)/b19-12+. The number of anilines is 2. The van der Waals surface area contributed by atoms with E-state index in [0.29, 0.717) is 22.0 Å². The van der Waals surface area contributed by atoms with Gasteiger partial charge in [0.05, 0.1) is 12.8 Å². The molecule has 0 aliphatic carbocycles. The maximum absolute atomic E-state index is 13.2. The van der Waals surface area contributed by atoms with Crippen molar-refractivity contribution in [1.82, 2.24) is 5.32 Å². The second-order valence-electron chi connectivity index (χ2n) is 7.41. The van der Waals surface area contributed by atoms with Crippen LogP contribution in [-0.2, 0) is 9.59 Å². The van der Waals surface area contributed by atoms with Gasteiger partial charge in [0.25, 0.3) is 11.8 Å². The molecule has 2 aromatic carbocycles. The number of nitrogens with zero attached hydrogens (tertiary/aromatic N) is 2. The first kappa shape index (κ1) is 21.3. The maximum Gasteiger partial charge on any atom is 0.270 e.